The number of amides is 1. The van der Waals surface area contributed by atoms with Crippen LogP contribution in [0, 0.1) is 0 Å². The molecular weight excluding hydrogens is 288 g/mol. The van der Waals surface area contributed by atoms with Crippen LogP contribution in [0.15, 0.2) is 35.7 Å². The van der Waals surface area contributed by atoms with Gasteiger partial charge in [-0.25, -0.2) is 4.98 Å². The molecule has 6 nitrogen and oxygen atoms in total. The van der Waals surface area contributed by atoms with Crippen LogP contribution >= 0.6 is 11.8 Å². The quantitative estimate of drug-likeness (QED) is 0.632. The molecule has 0 unspecified atom stereocenters. The maximum atomic E-state index is 12.2. The molecular formula is C14H16N4O2S. The SMILES string of the molecule is CC[C@@H](Sc1ncn[nH]1)C(=O)Nc1ccc(C(C)=O)cc1. The number of anilines is 1. The van der Waals surface area contributed by atoms with E-state index in [4.69, 9.17) is 0 Å². The number of hydrogen-bond acceptors (Lipinski definition) is 5. The fourth-order valence-electron chi connectivity index (χ4n) is 1.72. The number of Topliss-reactive ketones (excluding diaryl/α,β-unsaturated/α-hetero) is 1. The van der Waals surface area contributed by atoms with Gasteiger partial charge < -0.3 is 5.32 Å². The minimum absolute atomic E-state index is 0.000172. The second-order valence-corrected chi connectivity index (χ2v) is 5.62. The van der Waals surface area contributed by atoms with Crippen molar-refractivity contribution < 1.29 is 9.59 Å². The highest BCUT2D eigenvalue weighted by Gasteiger charge is 2.19. The van der Waals surface area contributed by atoms with Crippen LogP contribution in [0.3, 0.4) is 0 Å². The number of carbonyl (C=O) groups excluding carboxylic acids is 2. The number of ketones is 1. The van der Waals surface area contributed by atoms with Gasteiger partial charge in [0.25, 0.3) is 0 Å². The van der Waals surface area contributed by atoms with Crippen molar-refractivity contribution in [1.29, 1.82) is 0 Å². The van der Waals surface area contributed by atoms with Crippen molar-refractivity contribution in [3.05, 3.63) is 36.2 Å². The van der Waals surface area contributed by atoms with Gasteiger partial charge in [0, 0.05) is 11.3 Å². The first-order valence-corrected chi connectivity index (χ1v) is 7.42. The van der Waals surface area contributed by atoms with Crippen molar-refractivity contribution in [2.24, 2.45) is 0 Å². The van der Waals surface area contributed by atoms with Crippen molar-refractivity contribution >= 4 is 29.1 Å². The van der Waals surface area contributed by atoms with E-state index in [0.29, 0.717) is 22.8 Å². The fourth-order valence-corrected chi connectivity index (χ4v) is 2.53. The van der Waals surface area contributed by atoms with Gasteiger partial charge in [0.2, 0.25) is 5.91 Å². The van der Waals surface area contributed by atoms with Crippen LogP contribution in [0.2, 0.25) is 0 Å². The van der Waals surface area contributed by atoms with Crippen molar-refractivity contribution in [2.45, 2.75) is 30.7 Å². The Kier molecular flexibility index (Phi) is 5.10. The molecule has 0 aliphatic carbocycles. The van der Waals surface area contributed by atoms with Crippen LogP contribution in [0.4, 0.5) is 5.69 Å². The Hall–Kier alpha value is -2.15. The van der Waals surface area contributed by atoms with Crippen molar-refractivity contribution in [2.75, 3.05) is 5.32 Å². The van der Waals surface area contributed by atoms with E-state index in [-0.39, 0.29) is 16.9 Å². The van der Waals surface area contributed by atoms with Gasteiger partial charge in [0.05, 0.1) is 5.25 Å². The molecule has 1 aromatic carbocycles. The summed E-state index contributed by atoms with van der Waals surface area (Å²) in [6.07, 6.45) is 2.08. The molecule has 2 N–H and O–H groups in total. The van der Waals surface area contributed by atoms with E-state index in [0.717, 1.165) is 0 Å². The molecule has 1 atom stereocenters. The summed E-state index contributed by atoms with van der Waals surface area (Å²) in [4.78, 5) is 27.4. The number of rotatable bonds is 6. The minimum atomic E-state index is -0.259. The highest BCUT2D eigenvalue weighted by Crippen LogP contribution is 2.22. The third kappa shape index (κ3) is 4.16. The third-order valence-electron chi connectivity index (χ3n) is 2.87. The normalized spacial score (nSPS) is 11.9. The minimum Gasteiger partial charge on any atom is -0.325 e. The lowest BCUT2D eigenvalue weighted by atomic mass is 10.1. The Bertz CT molecular complexity index is 610. The zero-order chi connectivity index (χ0) is 15.2. The smallest absolute Gasteiger partial charge is 0.237 e. The van der Waals surface area contributed by atoms with Gasteiger partial charge >= 0.3 is 0 Å². The van der Waals surface area contributed by atoms with Crippen LogP contribution in [-0.2, 0) is 4.79 Å². The van der Waals surface area contributed by atoms with Crippen LogP contribution < -0.4 is 5.32 Å². The second kappa shape index (κ2) is 7.03. The predicted octanol–water partition coefficient (Wildman–Crippen LogP) is 2.52. The largest absolute Gasteiger partial charge is 0.325 e. The zero-order valence-electron chi connectivity index (χ0n) is 11.8. The van der Waals surface area contributed by atoms with E-state index in [1.54, 1.807) is 24.3 Å². The molecule has 0 fully saturated rings. The molecule has 0 saturated heterocycles. The summed E-state index contributed by atoms with van der Waals surface area (Å²) in [5.41, 5.74) is 1.29. The predicted molar refractivity (Wildman–Crippen MR) is 81.4 cm³/mol. The average molecular weight is 304 g/mol. The molecule has 0 aliphatic heterocycles. The van der Waals surface area contributed by atoms with E-state index in [1.165, 1.54) is 25.0 Å². The first-order valence-electron chi connectivity index (χ1n) is 6.54. The van der Waals surface area contributed by atoms with Gasteiger partial charge in [-0.3, -0.25) is 14.7 Å². The average Bonchev–Trinajstić information content (AvgIpc) is 2.98. The molecule has 0 bridgehead atoms. The second-order valence-electron chi connectivity index (χ2n) is 4.43. The number of thioether (sulfide) groups is 1. The first kappa shape index (κ1) is 15.2. The Morgan fingerprint density at radius 1 is 1.33 bits per heavy atom. The molecule has 0 aliphatic rings. The summed E-state index contributed by atoms with van der Waals surface area (Å²) in [5.74, 6) is -0.102. The maximum absolute atomic E-state index is 12.2. The molecule has 7 heteroatoms. The van der Waals surface area contributed by atoms with Gasteiger partial charge in [-0.2, -0.15) is 5.10 Å². The van der Waals surface area contributed by atoms with E-state index >= 15 is 0 Å². The Balaban J connectivity index is 2.00. The number of H-pyrrole nitrogens is 1. The van der Waals surface area contributed by atoms with Gasteiger partial charge in [-0.15, -0.1) is 0 Å². The summed E-state index contributed by atoms with van der Waals surface area (Å²) < 4.78 is 0. The number of nitrogens with zero attached hydrogens (tertiary/aromatic N) is 2. The van der Waals surface area contributed by atoms with Gasteiger partial charge in [-0.05, 0) is 37.6 Å². The highest BCUT2D eigenvalue weighted by molar-refractivity contribution is 8.00. The number of aromatic amines is 1. The lowest BCUT2D eigenvalue weighted by molar-refractivity contribution is -0.115. The molecule has 21 heavy (non-hydrogen) atoms. The van der Waals surface area contributed by atoms with Crippen LogP contribution in [0.1, 0.15) is 30.6 Å². The maximum Gasteiger partial charge on any atom is 0.237 e. The third-order valence-corrected chi connectivity index (χ3v) is 4.12. The molecule has 2 rings (SSSR count). The van der Waals surface area contributed by atoms with Crippen LogP contribution in [0.5, 0.6) is 0 Å². The van der Waals surface area contributed by atoms with E-state index in [1.807, 2.05) is 6.92 Å². The number of nitrogens with one attached hydrogen (secondary N) is 2. The lowest BCUT2D eigenvalue weighted by Gasteiger charge is -2.13. The van der Waals surface area contributed by atoms with Gasteiger partial charge in [-0.1, -0.05) is 18.7 Å². The summed E-state index contributed by atoms with van der Waals surface area (Å²) in [7, 11) is 0. The molecule has 1 heterocycles. The van der Waals surface area contributed by atoms with Crippen molar-refractivity contribution in [3.8, 4) is 0 Å². The Labute approximate surface area is 126 Å². The fraction of sp³-hybridized carbons (Fsp3) is 0.286. The van der Waals surface area contributed by atoms with Gasteiger partial charge in [0.15, 0.2) is 10.9 Å². The lowest BCUT2D eigenvalue weighted by Crippen LogP contribution is -2.24. The standard InChI is InChI=1S/C14H16N4O2S/c1-3-12(21-14-15-8-16-18-14)13(20)17-11-6-4-10(5-7-11)9(2)19/h4-8,12H,3H2,1-2H3,(H,17,20)(H,15,16,18)/t12-/m1/s1. The molecule has 1 amide bonds. The van der Waals surface area contributed by atoms with E-state index in [2.05, 4.69) is 20.5 Å². The van der Waals surface area contributed by atoms with Gasteiger partial charge in [0.1, 0.15) is 6.33 Å². The van der Waals surface area contributed by atoms with Crippen molar-refractivity contribution in [3.63, 3.8) is 0 Å². The molecule has 0 saturated carbocycles. The monoisotopic (exact) mass is 304 g/mol. The summed E-state index contributed by atoms with van der Waals surface area (Å²) in [5, 5.41) is 9.68. The molecule has 2 aromatic rings. The van der Waals surface area contributed by atoms with Crippen LogP contribution in [0.25, 0.3) is 0 Å². The first-order chi connectivity index (χ1) is 10.1. The highest BCUT2D eigenvalue weighted by atomic mass is 32.2. The summed E-state index contributed by atoms with van der Waals surface area (Å²) in [6.45, 7) is 3.45. The number of aromatic nitrogens is 3. The Morgan fingerprint density at radius 3 is 2.57 bits per heavy atom. The Morgan fingerprint density at radius 2 is 2.05 bits per heavy atom. The van der Waals surface area contributed by atoms with Crippen molar-refractivity contribution in [1.82, 2.24) is 15.2 Å². The number of benzene rings is 1. The summed E-state index contributed by atoms with van der Waals surface area (Å²) in [6, 6.07) is 6.84. The molecule has 0 spiro atoms. The molecule has 1 aromatic heterocycles. The number of hydrogen-bond donors (Lipinski definition) is 2. The molecule has 110 valence electrons. The van der Waals surface area contributed by atoms with E-state index in [9.17, 15) is 9.59 Å². The summed E-state index contributed by atoms with van der Waals surface area (Å²) >= 11 is 1.34. The van der Waals surface area contributed by atoms with E-state index < -0.39 is 0 Å². The topological polar surface area (TPSA) is 87.7 Å². The number of carbonyl (C=O) groups is 2. The van der Waals surface area contributed by atoms with Crippen LogP contribution in [-0.4, -0.2) is 32.1 Å². The molecule has 0 radical (unpaired) electrons. The zero-order valence-corrected chi connectivity index (χ0v) is 12.6.